The molecule has 0 saturated heterocycles. The maximum absolute atomic E-state index is 11.8. The smallest absolute Gasteiger partial charge is 0.270 e. The summed E-state index contributed by atoms with van der Waals surface area (Å²) in [6.07, 6.45) is 0. The second-order valence-electron chi connectivity index (χ2n) is 3.38. The molecule has 7 heteroatoms. The summed E-state index contributed by atoms with van der Waals surface area (Å²) in [6, 6.07) is 11.5. The number of hydrogen-bond donors (Lipinski definition) is 1. The number of nitrogens with one attached hydrogen (secondary N) is 1. The zero-order valence-electron chi connectivity index (χ0n) is 8.96. The summed E-state index contributed by atoms with van der Waals surface area (Å²) < 4.78 is 22.1. The summed E-state index contributed by atoms with van der Waals surface area (Å²) in [5.41, 5.74) is 0.501. The maximum atomic E-state index is 11.8. The summed E-state index contributed by atoms with van der Waals surface area (Å²) in [7, 11) is 1.45. The molecule has 2 rings (SSSR count). The van der Waals surface area contributed by atoms with Gasteiger partial charge in [-0.1, -0.05) is 18.2 Å². The first-order valence-electron chi connectivity index (χ1n) is 4.88. The molecule has 0 bridgehead atoms. The molecule has 0 unspecified atom stereocenters. The average molecular weight is 302 g/mol. The Morgan fingerprint density at radius 2 is 1.78 bits per heavy atom. The molecule has 4 nitrogen and oxygen atoms in total. The summed E-state index contributed by atoms with van der Waals surface area (Å²) in [4.78, 5) is 11.8. The van der Waals surface area contributed by atoms with E-state index in [0.717, 1.165) is 11.3 Å². The van der Waals surface area contributed by atoms with E-state index in [4.69, 9.17) is 10.7 Å². The average Bonchev–Trinajstić information content (AvgIpc) is 2.78. The number of amides is 1. The number of anilines is 1. The van der Waals surface area contributed by atoms with E-state index >= 15 is 0 Å². The van der Waals surface area contributed by atoms with Gasteiger partial charge in [-0.25, -0.2) is 8.42 Å². The number of hydrogen-bond acceptors (Lipinski definition) is 4. The van der Waals surface area contributed by atoms with Gasteiger partial charge in [-0.2, -0.15) is 0 Å². The second kappa shape index (κ2) is 5.09. The van der Waals surface area contributed by atoms with Crippen LogP contribution in [0.5, 0.6) is 0 Å². The van der Waals surface area contributed by atoms with Gasteiger partial charge in [0, 0.05) is 16.2 Å². The van der Waals surface area contributed by atoms with Crippen molar-refractivity contribution in [3.05, 3.63) is 48.0 Å². The highest BCUT2D eigenvalue weighted by Gasteiger charge is 2.14. The number of rotatable bonds is 3. The Balaban J connectivity index is 2.16. The minimum Gasteiger partial charge on any atom is -0.314 e. The molecule has 1 amide bonds. The molecule has 1 heterocycles. The molecule has 0 fully saturated rings. The summed E-state index contributed by atoms with van der Waals surface area (Å²) in [5, 5.41) is 3.04. The lowest BCUT2D eigenvalue weighted by Crippen LogP contribution is -2.10. The van der Waals surface area contributed by atoms with Gasteiger partial charge in [-0.15, -0.1) is 11.3 Å². The monoisotopic (exact) mass is 301 g/mol. The zero-order valence-corrected chi connectivity index (χ0v) is 11.3. The minimum absolute atomic E-state index is 0.00697. The molecule has 0 spiro atoms. The normalized spacial score (nSPS) is 11.2. The number of benzene rings is 1. The van der Waals surface area contributed by atoms with Gasteiger partial charge in [0.05, 0.1) is 5.00 Å². The van der Waals surface area contributed by atoms with Crippen molar-refractivity contribution < 1.29 is 13.2 Å². The van der Waals surface area contributed by atoms with Crippen LogP contribution in [0.1, 0.15) is 10.4 Å². The Morgan fingerprint density at radius 1 is 1.11 bits per heavy atom. The van der Waals surface area contributed by atoms with Gasteiger partial charge >= 0.3 is 0 Å². The van der Waals surface area contributed by atoms with Crippen molar-refractivity contribution in [2.75, 3.05) is 5.32 Å². The Bertz CT molecular complexity index is 665. The molecule has 0 radical (unpaired) electrons. The van der Waals surface area contributed by atoms with Gasteiger partial charge in [0.25, 0.3) is 15.0 Å². The molecule has 94 valence electrons. The number of carbonyl (C=O) groups excluding carboxylic acids is 1. The number of halogens is 1. The summed E-state index contributed by atoms with van der Waals surface area (Å²) in [5.74, 6) is -0.295. The standard InChI is InChI=1S/C11H8ClNO3S2/c12-18(15,16)10-7-6-9(17-10)13-11(14)8-4-2-1-3-5-8/h1-7H,(H,13,14). The first-order chi connectivity index (χ1) is 8.47. The lowest BCUT2D eigenvalue weighted by Gasteiger charge is -2.01. The third kappa shape index (κ3) is 3.10. The molecule has 0 aliphatic heterocycles. The molecular weight excluding hydrogens is 294 g/mol. The van der Waals surface area contributed by atoms with E-state index in [1.165, 1.54) is 12.1 Å². The highest BCUT2D eigenvalue weighted by molar-refractivity contribution is 8.15. The van der Waals surface area contributed by atoms with Gasteiger partial charge in [0.2, 0.25) is 0 Å². The first-order valence-corrected chi connectivity index (χ1v) is 8.00. The fourth-order valence-corrected chi connectivity index (χ4v) is 3.26. The fraction of sp³-hybridized carbons (Fsp3) is 0. The van der Waals surface area contributed by atoms with Crippen molar-refractivity contribution in [3.63, 3.8) is 0 Å². The van der Waals surface area contributed by atoms with Crippen LogP contribution in [0, 0.1) is 0 Å². The van der Waals surface area contributed by atoms with Crippen LogP contribution in [-0.4, -0.2) is 14.3 Å². The zero-order chi connectivity index (χ0) is 13.2. The topological polar surface area (TPSA) is 63.2 Å². The molecule has 0 aliphatic rings. The van der Waals surface area contributed by atoms with Gasteiger partial charge < -0.3 is 5.32 Å². The first kappa shape index (κ1) is 13.1. The number of carbonyl (C=O) groups is 1. The van der Waals surface area contributed by atoms with Crippen molar-refractivity contribution in [1.29, 1.82) is 0 Å². The third-order valence-corrected chi connectivity index (χ3v) is 5.19. The lowest BCUT2D eigenvalue weighted by molar-refractivity contribution is 0.102. The van der Waals surface area contributed by atoms with E-state index in [1.807, 2.05) is 0 Å². The quantitative estimate of drug-likeness (QED) is 0.887. The maximum Gasteiger partial charge on any atom is 0.270 e. The van der Waals surface area contributed by atoms with Crippen molar-refractivity contribution in [1.82, 2.24) is 0 Å². The SMILES string of the molecule is O=C(Nc1ccc(S(=O)(=O)Cl)s1)c1ccccc1. The van der Waals surface area contributed by atoms with Crippen LogP contribution >= 0.6 is 22.0 Å². The van der Waals surface area contributed by atoms with Gasteiger partial charge in [0.1, 0.15) is 4.21 Å². The van der Waals surface area contributed by atoms with Crippen LogP contribution in [0.15, 0.2) is 46.7 Å². The van der Waals surface area contributed by atoms with Crippen molar-refractivity contribution >= 4 is 42.0 Å². The van der Waals surface area contributed by atoms with E-state index in [0.29, 0.717) is 10.6 Å². The predicted molar refractivity (Wildman–Crippen MR) is 71.8 cm³/mol. The van der Waals surface area contributed by atoms with Gasteiger partial charge in [0.15, 0.2) is 0 Å². The predicted octanol–water partition coefficient (Wildman–Crippen LogP) is 2.93. The molecule has 0 atom stereocenters. The van der Waals surface area contributed by atoms with Gasteiger partial charge in [-0.3, -0.25) is 4.79 Å². The van der Waals surface area contributed by atoms with Crippen LogP contribution in [0.25, 0.3) is 0 Å². The van der Waals surface area contributed by atoms with Crippen molar-refractivity contribution in [2.45, 2.75) is 4.21 Å². The van der Waals surface area contributed by atoms with Crippen LogP contribution in [0.4, 0.5) is 5.00 Å². The number of thiophene rings is 1. The fourth-order valence-electron chi connectivity index (χ4n) is 1.29. The van der Waals surface area contributed by atoms with Crippen molar-refractivity contribution in [2.24, 2.45) is 0 Å². The Labute approximate surface area is 113 Å². The second-order valence-corrected chi connectivity index (χ2v) is 7.25. The highest BCUT2D eigenvalue weighted by Crippen LogP contribution is 2.28. The van der Waals surface area contributed by atoms with E-state index in [2.05, 4.69) is 5.32 Å². The molecule has 1 aromatic heterocycles. The van der Waals surface area contributed by atoms with Crippen LogP contribution < -0.4 is 5.32 Å². The highest BCUT2D eigenvalue weighted by atomic mass is 35.7. The molecule has 1 N–H and O–H groups in total. The van der Waals surface area contributed by atoms with Crippen LogP contribution in [0.2, 0.25) is 0 Å². The van der Waals surface area contributed by atoms with E-state index < -0.39 is 9.05 Å². The minimum atomic E-state index is -3.74. The van der Waals surface area contributed by atoms with E-state index in [-0.39, 0.29) is 10.1 Å². The third-order valence-electron chi connectivity index (χ3n) is 2.09. The summed E-state index contributed by atoms with van der Waals surface area (Å²) >= 11 is 0.911. The van der Waals surface area contributed by atoms with E-state index in [9.17, 15) is 13.2 Å². The van der Waals surface area contributed by atoms with Crippen LogP contribution in [-0.2, 0) is 9.05 Å². The van der Waals surface area contributed by atoms with Gasteiger partial charge in [-0.05, 0) is 24.3 Å². The van der Waals surface area contributed by atoms with Crippen molar-refractivity contribution in [3.8, 4) is 0 Å². The Hall–Kier alpha value is -1.37. The Morgan fingerprint density at radius 3 is 2.33 bits per heavy atom. The van der Waals surface area contributed by atoms with E-state index in [1.54, 1.807) is 30.3 Å². The lowest BCUT2D eigenvalue weighted by atomic mass is 10.2. The molecular formula is C11H8ClNO3S2. The van der Waals surface area contributed by atoms with Crippen LogP contribution in [0.3, 0.4) is 0 Å². The molecule has 18 heavy (non-hydrogen) atoms. The summed E-state index contributed by atoms with van der Waals surface area (Å²) in [6.45, 7) is 0. The molecule has 0 saturated carbocycles. The molecule has 0 aliphatic carbocycles. The Kier molecular flexibility index (Phi) is 3.70. The molecule has 1 aromatic carbocycles. The molecule has 2 aromatic rings. The largest absolute Gasteiger partial charge is 0.314 e.